The van der Waals surface area contributed by atoms with Crippen molar-refractivity contribution in [3.63, 3.8) is 0 Å². The number of urea groups is 1. The molecule has 1 fully saturated rings. The van der Waals surface area contributed by atoms with Gasteiger partial charge in [0.05, 0.1) is 0 Å². The number of aliphatic hydroxyl groups is 1. The molecule has 0 bridgehead atoms. The summed E-state index contributed by atoms with van der Waals surface area (Å²) in [4.78, 5) is 14.1. The Bertz CT molecular complexity index is 501. The Morgan fingerprint density at radius 2 is 2.41 bits per heavy atom. The molecule has 6 heteroatoms. The first-order valence-electron chi connectivity index (χ1n) is 7.56. The van der Waals surface area contributed by atoms with E-state index in [4.69, 9.17) is 16.7 Å². The summed E-state index contributed by atoms with van der Waals surface area (Å²) in [7, 11) is 0. The minimum atomic E-state index is -0.0125. The lowest BCUT2D eigenvalue weighted by molar-refractivity contribution is 0.204. The summed E-state index contributed by atoms with van der Waals surface area (Å²) < 4.78 is 0. The molecule has 2 unspecified atom stereocenters. The third-order valence-corrected chi connectivity index (χ3v) is 5.30. The van der Waals surface area contributed by atoms with Crippen LogP contribution in [0.15, 0.2) is 24.3 Å². The fourth-order valence-corrected chi connectivity index (χ4v) is 3.64. The summed E-state index contributed by atoms with van der Waals surface area (Å²) in [6, 6.07) is 7.75. The lowest BCUT2D eigenvalue weighted by Crippen LogP contribution is -2.40. The van der Waals surface area contributed by atoms with Crippen LogP contribution in [-0.2, 0) is 0 Å². The van der Waals surface area contributed by atoms with Crippen molar-refractivity contribution in [3.05, 3.63) is 34.9 Å². The third kappa shape index (κ3) is 4.80. The molecule has 122 valence electrons. The molecule has 1 saturated heterocycles. The smallest absolute Gasteiger partial charge is 0.317 e. The molecule has 1 heterocycles. The second-order valence-electron chi connectivity index (χ2n) is 5.58. The second-order valence-corrected chi connectivity index (χ2v) is 7.06. The van der Waals surface area contributed by atoms with Crippen molar-refractivity contribution in [3.8, 4) is 0 Å². The molecule has 22 heavy (non-hydrogen) atoms. The molecule has 0 spiro atoms. The number of nitrogens with one attached hydrogen (secondary N) is 1. The molecular weight excluding hydrogens is 320 g/mol. The molecule has 2 amide bonds. The van der Waals surface area contributed by atoms with Crippen molar-refractivity contribution >= 4 is 29.4 Å². The van der Waals surface area contributed by atoms with Crippen LogP contribution in [0.4, 0.5) is 4.79 Å². The van der Waals surface area contributed by atoms with Gasteiger partial charge < -0.3 is 15.3 Å². The number of nitrogens with zero attached hydrogens (tertiary/aromatic N) is 1. The van der Waals surface area contributed by atoms with Crippen LogP contribution in [0.3, 0.4) is 0 Å². The van der Waals surface area contributed by atoms with Crippen LogP contribution in [0.25, 0.3) is 0 Å². The Balaban J connectivity index is 1.84. The van der Waals surface area contributed by atoms with Crippen molar-refractivity contribution in [2.45, 2.75) is 18.1 Å². The van der Waals surface area contributed by atoms with Crippen LogP contribution in [0.5, 0.6) is 0 Å². The molecule has 2 rings (SSSR count). The topological polar surface area (TPSA) is 52.6 Å². The van der Waals surface area contributed by atoms with Gasteiger partial charge in [0, 0.05) is 36.5 Å². The van der Waals surface area contributed by atoms with Crippen LogP contribution < -0.4 is 5.32 Å². The minimum absolute atomic E-state index is 0.0125. The number of aliphatic hydroxyl groups excluding tert-OH is 1. The van der Waals surface area contributed by atoms with Gasteiger partial charge in [-0.3, -0.25) is 0 Å². The Kier molecular flexibility index (Phi) is 6.86. The maximum absolute atomic E-state index is 12.2. The van der Waals surface area contributed by atoms with Gasteiger partial charge in [0.2, 0.25) is 0 Å². The molecule has 0 aliphatic carbocycles. The van der Waals surface area contributed by atoms with Crippen LogP contribution >= 0.6 is 23.4 Å². The summed E-state index contributed by atoms with van der Waals surface area (Å²) in [6.45, 7) is 2.30. The predicted molar refractivity (Wildman–Crippen MR) is 92.5 cm³/mol. The molecule has 1 aromatic carbocycles. The number of hydrogen-bond acceptors (Lipinski definition) is 3. The summed E-state index contributed by atoms with van der Waals surface area (Å²) in [6.07, 6.45) is 3.79. The highest BCUT2D eigenvalue weighted by molar-refractivity contribution is 7.98. The van der Waals surface area contributed by atoms with E-state index in [0.29, 0.717) is 17.5 Å². The van der Waals surface area contributed by atoms with Gasteiger partial charge in [0.1, 0.15) is 0 Å². The highest BCUT2D eigenvalue weighted by Crippen LogP contribution is 2.28. The number of rotatable bonds is 6. The number of benzene rings is 1. The number of halogens is 1. The fourth-order valence-electron chi connectivity index (χ4n) is 2.77. The first kappa shape index (κ1) is 17.4. The van der Waals surface area contributed by atoms with Crippen molar-refractivity contribution in [2.24, 2.45) is 5.92 Å². The van der Waals surface area contributed by atoms with Gasteiger partial charge in [0.15, 0.2) is 0 Å². The summed E-state index contributed by atoms with van der Waals surface area (Å²) >= 11 is 7.73. The predicted octanol–water partition coefficient (Wildman–Crippen LogP) is 3.16. The Labute approximate surface area is 141 Å². The minimum Gasteiger partial charge on any atom is -0.396 e. The quantitative estimate of drug-likeness (QED) is 0.835. The maximum Gasteiger partial charge on any atom is 0.317 e. The number of thioether (sulfide) groups is 1. The van der Waals surface area contributed by atoms with E-state index in [-0.39, 0.29) is 17.9 Å². The van der Waals surface area contributed by atoms with E-state index < -0.39 is 0 Å². The normalized spacial score (nSPS) is 19.2. The lowest BCUT2D eigenvalue weighted by atomic mass is 10.1. The van der Waals surface area contributed by atoms with Gasteiger partial charge >= 0.3 is 6.03 Å². The van der Waals surface area contributed by atoms with E-state index in [1.165, 1.54) is 0 Å². The molecular formula is C16H23ClN2O2S. The zero-order valence-corrected chi connectivity index (χ0v) is 14.4. The van der Waals surface area contributed by atoms with E-state index in [1.807, 2.05) is 35.4 Å². The van der Waals surface area contributed by atoms with Gasteiger partial charge in [0.25, 0.3) is 0 Å². The van der Waals surface area contributed by atoms with Crippen molar-refractivity contribution in [1.82, 2.24) is 10.2 Å². The highest BCUT2D eigenvalue weighted by Gasteiger charge is 2.26. The zero-order valence-electron chi connectivity index (χ0n) is 12.8. The largest absolute Gasteiger partial charge is 0.396 e. The van der Waals surface area contributed by atoms with Gasteiger partial charge in [-0.15, -0.1) is 0 Å². The molecule has 1 aromatic rings. The first-order chi connectivity index (χ1) is 10.6. The molecule has 1 aliphatic rings. The van der Waals surface area contributed by atoms with Crippen molar-refractivity contribution < 1.29 is 9.90 Å². The molecule has 1 aliphatic heterocycles. The SMILES string of the molecule is CSC(CNC(=O)N1CCC(CCO)C1)c1cccc(Cl)c1. The number of hydrogen-bond donors (Lipinski definition) is 2. The average molecular weight is 343 g/mol. The van der Waals surface area contributed by atoms with Gasteiger partial charge in [-0.25, -0.2) is 4.79 Å². The van der Waals surface area contributed by atoms with E-state index in [9.17, 15) is 4.79 Å². The third-order valence-electron chi connectivity index (χ3n) is 4.05. The van der Waals surface area contributed by atoms with Crippen LogP contribution in [0, 0.1) is 5.92 Å². The maximum atomic E-state index is 12.2. The summed E-state index contributed by atoms with van der Waals surface area (Å²) in [5, 5.41) is 12.9. The van der Waals surface area contributed by atoms with E-state index in [0.717, 1.165) is 31.5 Å². The molecule has 0 radical (unpaired) electrons. The van der Waals surface area contributed by atoms with Crippen LogP contribution in [0.2, 0.25) is 5.02 Å². The number of carbonyl (C=O) groups is 1. The summed E-state index contributed by atoms with van der Waals surface area (Å²) in [5.74, 6) is 0.431. The van der Waals surface area contributed by atoms with E-state index in [1.54, 1.807) is 11.8 Å². The van der Waals surface area contributed by atoms with Gasteiger partial charge in [-0.2, -0.15) is 11.8 Å². The monoisotopic (exact) mass is 342 g/mol. The van der Waals surface area contributed by atoms with Gasteiger partial charge in [-0.05, 0) is 42.7 Å². The molecule has 0 saturated carbocycles. The Hall–Kier alpha value is -0.910. The van der Waals surface area contributed by atoms with E-state index in [2.05, 4.69) is 5.32 Å². The molecule has 0 aromatic heterocycles. The zero-order chi connectivity index (χ0) is 15.9. The van der Waals surface area contributed by atoms with Crippen LogP contribution in [0.1, 0.15) is 23.7 Å². The number of amides is 2. The number of carbonyl (C=O) groups excluding carboxylic acids is 1. The van der Waals surface area contributed by atoms with Crippen LogP contribution in [-0.4, -0.2) is 48.5 Å². The Morgan fingerprint density at radius 3 is 3.09 bits per heavy atom. The summed E-state index contributed by atoms with van der Waals surface area (Å²) in [5.41, 5.74) is 1.12. The average Bonchev–Trinajstić information content (AvgIpc) is 2.97. The lowest BCUT2D eigenvalue weighted by Gasteiger charge is -2.21. The molecule has 4 nitrogen and oxygen atoms in total. The molecule has 2 N–H and O–H groups in total. The standard InChI is InChI=1S/C16H23ClN2O2S/c1-22-15(13-3-2-4-14(17)9-13)10-18-16(21)19-7-5-12(11-19)6-8-20/h2-4,9,12,15,20H,5-8,10-11H2,1H3,(H,18,21). The van der Waals surface area contributed by atoms with Gasteiger partial charge in [-0.1, -0.05) is 23.7 Å². The highest BCUT2D eigenvalue weighted by atomic mass is 35.5. The Morgan fingerprint density at radius 1 is 1.59 bits per heavy atom. The number of likely N-dealkylation sites (tertiary alicyclic amines) is 1. The van der Waals surface area contributed by atoms with E-state index >= 15 is 0 Å². The van der Waals surface area contributed by atoms with Crippen molar-refractivity contribution in [2.75, 3.05) is 32.5 Å². The van der Waals surface area contributed by atoms with Crippen molar-refractivity contribution in [1.29, 1.82) is 0 Å². The first-order valence-corrected chi connectivity index (χ1v) is 9.22. The molecule has 2 atom stereocenters. The second kappa shape index (κ2) is 8.65. The fraction of sp³-hybridized carbons (Fsp3) is 0.562.